The van der Waals surface area contributed by atoms with E-state index in [4.69, 9.17) is 0 Å². The van der Waals surface area contributed by atoms with Crippen LogP contribution in [0.4, 0.5) is 0 Å². The van der Waals surface area contributed by atoms with Crippen LogP contribution < -0.4 is 5.32 Å². The van der Waals surface area contributed by atoms with Gasteiger partial charge in [0, 0.05) is 25.4 Å². The molecular weight excluding hydrogens is 380 g/mol. The maximum Gasteiger partial charge on any atom is 0.289 e. The van der Waals surface area contributed by atoms with E-state index in [0.717, 1.165) is 11.8 Å². The first-order valence-electron chi connectivity index (χ1n) is 8.53. The number of aliphatic hydroxyl groups is 1. The number of amides is 2. The highest BCUT2D eigenvalue weighted by atomic mass is 32.2. The Morgan fingerprint density at radius 3 is 2.39 bits per heavy atom. The molecule has 0 saturated heterocycles. The monoisotopic (exact) mass is 400 g/mol. The summed E-state index contributed by atoms with van der Waals surface area (Å²) in [6.45, 7) is -0.0594. The Balaban J connectivity index is 1.93. The molecule has 3 rings (SSSR count). The van der Waals surface area contributed by atoms with Crippen LogP contribution in [0.5, 0.6) is 0 Å². The zero-order valence-corrected chi connectivity index (χ0v) is 16.3. The summed E-state index contributed by atoms with van der Waals surface area (Å²) in [7, 11) is -2.11. The van der Waals surface area contributed by atoms with Crippen molar-refractivity contribution in [3.05, 3.63) is 65.4 Å². The Morgan fingerprint density at radius 2 is 1.82 bits per heavy atom. The molecular formula is C20H20N2O5S. The van der Waals surface area contributed by atoms with Crippen molar-refractivity contribution in [2.75, 3.05) is 19.8 Å². The van der Waals surface area contributed by atoms with Gasteiger partial charge >= 0.3 is 0 Å². The van der Waals surface area contributed by atoms with Crippen molar-refractivity contribution in [3.8, 4) is 11.1 Å². The van der Waals surface area contributed by atoms with E-state index in [9.17, 15) is 23.1 Å². The number of aliphatic hydroxyl groups excluding tert-OH is 1. The van der Waals surface area contributed by atoms with Crippen LogP contribution in [0.1, 0.15) is 5.56 Å². The number of likely N-dealkylation sites (N-methyl/N-ethyl adjacent to an activating group) is 1. The van der Waals surface area contributed by atoms with Gasteiger partial charge in [0.1, 0.15) is 0 Å². The highest BCUT2D eigenvalue weighted by Crippen LogP contribution is 2.30. The van der Waals surface area contributed by atoms with Crippen molar-refractivity contribution in [2.24, 2.45) is 0 Å². The number of rotatable bonds is 5. The number of benzene rings is 2. The van der Waals surface area contributed by atoms with E-state index in [1.807, 2.05) is 30.3 Å². The fraction of sp³-hybridized carbons (Fsp3) is 0.200. The minimum absolute atomic E-state index is 0.000507. The van der Waals surface area contributed by atoms with Gasteiger partial charge in [-0.25, -0.2) is 8.42 Å². The number of hydrogen-bond acceptors (Lipinski definition) is 5. The molecule has 0 fully saturated rings. The molecule has 0 spiro atoms. The summed E-state index contributed by atoms with van der Waals surface area (Å²) in [6.07, 6.45) is 1.12. The third-order valence-corrected chi connectivity index (χ3v) is 5.72. The summed E-state index contributed by atoms with van der Waals surface area (Å²) < 4.78 is 24.9. The topological polar surface area (TPSA) is 104 Å². The van der Waals surface area contributed by atoms with E-state index in [-0.39, 0.29) is 23.6 Å². The van der Waals surface area contributed by atoms with E-state index in [2.05, 4.69) is 5.32 Å². The van der Waals surface area contributed by atoms with Crippen molar-refractivity contribution in [2.45, 2.75) is 11.4 Å². The maximum atomic E-state index is 12.5. The van der Waals surface area contributed by atoms with Crippen LogP contribution in [-0.2, 0) is 26.0 Å². The lowest BCUT2D eigenvalue weighted by atomic mass is 10.0. The summed E-state index contributed by atoms with van der Waals surface area (Å²) in [6, 6.07) is 14.2. The van der Waals surface area contributed by atoms with Gasteiger partial charge in [0.2, 0.25) is 0 Å². The third kappa shape index (κ3) is 3.77. The van der Waals surface area contributed by atoms with Crippen molar-refractivity contribution in [1.82, 2.24) is 10.2 Å². The molecule has 8 heteroatoms. The van der Waals surface area contributed by atoms with Gasteiger partial charge < -0.3 is 15.3 Å². The van der Waals surface area contributed by atoms with Crippen LogP contribution in [-0.4, -0.2) is 50.1 Å². The van der Waals surface area contributed by atoms with Crippen molar-refractivity contribution in [1.29, 1.82) is 0 Å². The van der Waals surface area contributed by atoms with E-state index in [1.165, 1.54) is 11.9 Å². The van der Waals surface area contributed by atoms with Crippen molar-refractivity contribution in [3.63, 3.8) is 0 Å². The highest BCUT2D eigenvalue weighted by molar-refractivity contribution is 7.90. The van der Waals surface area contributed by atoms with Gasteiger partial charge in [-0.05, 0) is 11.1 Å². The Hall–Kier alpha value is -3.13. The fourth-order valence-corrected chi connectivity index (χ4v) is 4.36. The second-order valence-electron chi connectivity index (χ2n) is 6.60. The molecule has 0 aromatic heterocycles. The SMILES string of the molecule is CN1CC(C(=O)NCc2cccc(-c3ccccc3)c2S(C)(=O)=O)=C(O)C1=O. The summed E-state index contributed by atoms with van der Waals surface area (Å²) in [5.74, 6) is -1.81. The zero-order valence-electron chi connectivity index (χ0n) is 15.5. The molecule has 0 saturated carbocycles. The molecule has 2 amide bonds. The number of hydrogen-bond donors (Lipinski definition) is 2. The largest absolute Gasteiger partial charge is 0.503 e. The van der Waals surface area contributed by atoms with Gasteiger partial charge in [-0.3, -0.25) is 9.59 Å². The number of nitrogens with one attached hydrogen (secondary N) is 1. The standard InChI is InChI=1S/C20H20N2O5S/c1-22-12-16(17(23)20(22)25)19(24)21-11-14-9-6-10-15(18(14)28(2,26)27)13-7-4-3-5-8-13/h3-10,23H,11-12H2,1-2H3,(H,21,24). The molecule has 0 bridgehead atoms. The lowest BCUT2D eigenvalue weighted by molar-refractivity contribution is -0.126. The van der Waals surface area contributed by atoms with Crippen LogP contribution in [0.2, 0.25) is 0 Å². The Kier molecular flexibility index (Phi) is 5.24. The molecule has 28 heavy (non-hydrogen) atoms. The van der Waals surface area contributed by atoms with Crippen molar-refractivity contribution >= 4 is 21.7 Å². The molecule has 7 nitrogen and oxygen atoms in total. The molecule has 2 aromatic rings. The summed E-state index contributed by atoms with van der Waals surface area (Å²) in [5, 5.41) is 12.4. The van der Waals surface area contributed by atoms with Gasteiger partial charge in [-0.15, -0.1) is 0 Å². The van der Waals surface area contributed by atoms with Crippen LogP contribution in [0, 0.1) is 0 Å². The smallest absolute Gasteiger partial charge is 0.289 e. The van der Waals surface area contributed by atoms with E-state index in [1.54, 1.807) is 18.2 Å². The predicted octanol–water partition coefficient (Wildman–Crippen LogP) is 1.66. The van der Waals surface area contributed by atoms with E-state index in [0.29, 0.717) is 11.1 Å². The molecule has 0 atom stereocenters. The Morgan fingerprint density at radius 1 is 1.14 bits per heavy atom. The number of sulfone groups is 1. The Labute approximate surface area is 163 Å². The van der Waals surface area contributed by atoms with Gasteiger partial charge in [-0.1, -0.05) is 48.5 Å². The minimum atomic E-state index is -3.58. The van der Waals surface area contributed by atoms with Crippen LogP contribution in [0.25, 0.3) is 11.1 Å². The lowest BCUT2D eigenvalue weighted by Gasteiger charge is -2.15. The molecule has 146 valence electrons. The van der Waals surface area contributed by atoms with Gasteiger partial charge in [-0.2, -0.15) is 0 Å². The minimum Gasteiger partial charge on any atom is -0.503 e. The van der Waals surface area contributed by atoms with Gasteiger partial charge in [0.05, 0.1) is 17.0 Å². The second kappa shape index (κ2) is 7.47. The quantitative estimate of drug-likeness (QED) is 0.794. The first-order chi connectivity index (χ1) is 13.2. The fourth-order valence-electron chi connectivity index (χ4n) is 3.16. The zero-order chi connectivity index (χ0) is 20.5. The average Bonchev–Trinajstić information content (AvgIpc) is 2.93. The molecule has 0 aliphatic carbocycles. The van der Waals surface area contributed by atoms with Crippen LogP contribution in [0.3, 0.4) is 0 Å². The summed E-state index contributed by atoms with van der Waals surface area (Å²) in [4.78, 5) is 25.4. The molecule has 2 aromatic carbocycles. The molecule has 1 aliphatic heterocycles. The first kappa shape index (κ1) is 19.6. The van der Waals surface area contributed by atoms with E-state index < -0.39 is 27.4 Å². The predicted molar refractivity (Wildman–Crippen MR) is 104 cm³/mol. The normalized spacial score (nSPS) is 14.5. The molecule has 0 radical (unpaired) electrons. The van der Waals surface area contributed by atoms with Crippen LogP contribution >= 0.6 is 0 Å². The lowest BCUT2D eigenvalue weighted by Crippen LogP contribution is -2.28. The third-order valence-electron chi connectivity index (χ3n) is 4.50. The molecule has 1 heterocycles. The summed E-state index contributed by atoms with van der Waals surface area (Å²) in [5.41, 5.74) is 1.69. The number of nitrogens with zero attached hydrogens (tertiary/aromatic N) is 1. The van der Waals surface area contributed by atoms with Gasteiger partial charge in [0.15, 0.2) is 15.6 Å². The molecule has 1 aliphatic rings. The highest BCUT2D eigenvalue weighted by Gasteiger charge is 2.31. The first-order valence-corrected chi connectivity index (χ1v) is 10.4. The number of carbonyl (C=O) groups is 2. The Bertz CT molecular complexity index is 1080. The van der Waals surface area contributed by atoms with Crippen molar-refractivity contribution < 1.29 is 23.1 Å². The van der Waals surface area contributed by atoms with Gasteiger partial charge in [0.25, 0.3) is 11.8 Å². The molecule has 2 N–H and O–H groups in total. The molecule has 0 unspecified atom stereocenters. The summed E-state index contributed by atoms with van der Waals surface area (Å²) >= 11 is 0. The van der Waals surface area contributed by atoms with Crippen LogP contribution in [0.15, 0.2) is 64.8 Å². The van der Waals surface area contributed by atoms with E-state index >= 15 is 0 Å². The number of carbonyl (C=O) groups excluding carboxylic acids is 2. The maximum absolute atomic E-state index is 12.5. The second-order valence-corrected chi connectivity index (χ2v) is 8.56. The average molecular weight is 400 g/mol.